The molecule has 0 saturated heterocycles. The van der Waals surface area contributed by atoms with Crippen LogP contribution in [-0.2, 0) is 4.74 Å². The zero-order valence-electron chi connectivity index (χ0n) is 14.8. The predicted molar refractivity (Wildman–Crippen MR) is 99.2 cm³/mol. The van der Waals surface area contributed by atoms with Crippen LogP contribution >= 0.6 is 11.6 Å². The quantitative estimate of drug-likeness (QED) is 0.507. The lowest BCUT2D eigenvalue weighted by Gasteiger charge is -2.16. The van der Waals surface area contributed by atoms with Crippen LogP contribution in [0.5, 0.6) is 0 Å². The third kappa shape index (κ3) is 5.37. The highest BCUT2D eigenvalue weighted by Crippen LogP contribution is 2.28. The molecule has 0 saturated carbocycles. The molecule has 0 aliphatic heterocycles. The molecular formula is C18H19ClF2N4O2. The highest BCUT2D eigenvalue weighted by molar-refractivity contribution is 6.30. The fourth-order valence-corrected chi connectivity index (χ4v) is 2.72. The molecule has 0 unspecified atom stereocenters. The molecule has 4 N–H and O–H groups in total. The standard InChI is InChI=1S/C18H19ClF2N4O2/c1-9(3-4-27-18(22)23)13-6-12(7-14(20)15(13)21)25-17(26)16-10(2)5-11(19)8-24-16/h5-9H,3-4H2,1-2H3,(H3,22,23)(H,25,26)/t9-/m1/s1. The zero-order chi connectivity index (χ0) is 20.1. The van der Waals surface area contributed by atoms with Crippen molar-refractivity contribution in [3.8, 4) is 0 Å². The first kappa shape index (κ1) is 20.6. The molecule has 2 aromatic rings. The Morgan fingerprint density at radius 1 is 1.41 bits per heavy atom. The van der Waals surface area contributed by atoms with Gasteiger partial charge in [0, 0.05) is 18.0 Å². The van der Waals surface area contributed by atoms with E-state index in [2.05, 4.69) is 10.3 Å². The molecule has 27 heavy (non-hydrogen) atoms. The number of amides is 1. The summed E-state index contributed by atoms with van der Waals surface area (Å²) < 4.78 is 33.0. The number of nitrogens with two attached hydrogens (primary N) is 1. The number of amidine groups is 1. The molecule has 0 aliphatic rings. The van der Waals surface area contributed by atoms with E-state index in [1.165, 1.54) is 12.3 Å². The smallest absolute Gasteiger partial charge is 0.278 e. The van der Waals surface area contributed by atoms with Crippen LogP contribution in [0.4, 0.5) is 14.5 Å². The highest BCUT2D eigenvalue weighted by atomic mass is 35.5. The van der Waals surface area contributed by atoms with Gasteiger partial charge in [0.1, 0.15) is 5.69 Å². The molecule has 0 aliphatic carbocycles. The van der Waals surface area contributed by atoms with Gasteiger partial charge in [-0.1, -0.05) is 18.5 Å². The van der Waals surface area contributed by atoms with Crippen molar-refractivity contribution in [2.75, 3.05) is 11.9 Å². The second-order valence-electron chi connectivity index (χ2n) is 6.04. The topological polar surface area (TPSA) is 101 Å². The molecule has 1 aromatic heterocycles. The van der Waals surface area contributed by atoms with Gasteiger partial charge in [0.05, 0.1) is 11.6 Å². The Hall–Kier alpha value is -2.74. The third-order valence-electron chi connectivity index (χ3n) is 3.91. The van der Waals surface area contributed by atoms with Crippen molar-refractivity contribution < 1.29 is 18.3 Å². The van der Waals surface area contributed by atoms with Gasteiger partial charge in [-0.2, -0.15) is 0 Å². The Morgan fingerprint density at radius 3 is 2.74 bits per heavy atom. The number of anilines is 1. The van der Waals surface area contributed by atoms with E-state index in [0.717, 1.165) is 6.07 Å². The molecule has 1 atom stereocenters. The summed E-state index contributed by atoms with van der Waals surface area (Å²) in [5, 5.41) is 9.91. The lowest BCUT2D eigenvalue weighted by Crippen LogP contribution is -2.17. The number of pyridine rings is 1. The molecule has 0 bridgehead atoms. The number of halogens is 3. The van der Waals surface area contributed by atoms with E-state index in [4.69, 9.17) is 27.5 Å². The van der Waals surface area contributed by atoms with Gasteiger partial charge >= 0.3 is 0 Å². The normalized spacial score (nSPS) is 11.7. The third-order valence-corrected chi connectivity index (χ3v) is 4.12. The van der Waals surface area contributed by atoms with Crippen molar-refractivity contribution in [3.63, 3.8) is 0 Å². The second-order valence-corrected chi connectivity index (χ2v) is 6.47. The number of hydrogen-bond acceptors (Lipinski definition) is 4. The van der Waals surface area contributed by atoms with Gasteiger partial charge in [-0.05, 0) is 42.5 Å². The minimum absolute atomic E-state index is 0.0817. The number of aromatic nitrogens is 1. The van der Waals surface area contributed by atoms with E-state index in [1.807, 2.05) is 0 Å². The highest BCUT2D eigenvalue weighted by Gasteiger charge is 2.19. The fourth-order valence-electron chi connectivity index (χ4n) is 2.51. The maximum atomic E-state index is 14.2. The lowest BCUT2D eigenvalue weighted by atomic mass is 9.96. The lowest BCUT2D eigenvalue weighted by molar-refractivity contribution is 0.102. The first-order valence-electron chi connectivity index (χ1n) is 8.08. The van der Waals surface area contributed by atoms with Crippen LogP contribution in [0.15, 0.2) is 24.4 Å². The summed E-state index contributed by atoms with van der Waals surface area (Å²) in [5.41, 5.74) is 5.96. The number of carbonyl (C=O) groups is 1. The van der Waals surface area contributed by atoms with Crippen molar-refractivity contribution in [1.82, 2.24) is 4.98 Å². The van der Waals surface area contributed by atoms with Gasteiger partial charge in [0.2, 0.25) is 0 Å². The molecule has 0 fully saturated rings. The van der Waals surface area contributed by atoms with Crippen molar-refractivity contribution in [3.05, 3.63) is 57.9 Å². The molecule has 6 nitrogen and oxygen atoms in total. The molecule has 1 amide bonds. The molecule has 9 heteroatoms. The van der Waals surface area contributed by atoms with E-state index in [-0.39, 0.29) is 23.6 Å². The molecule has 0 radical (unpaired) electrons. The summed E-state index contributed by atoms with van der Waals surface area (Å²) in [7, 11) is 0. The van der Waals surface area contributed by atoms with E-state index < -0.39 is 29.5 Å². The van der Waals surface area contributed by atoms with Crippen LogP contribution in [0, 0.1) is 24.0 Å². The Balaban J connectivity index is 2.21. The molecular weight excluding hydrogens is 378 g/mol. The molecule has 0 spiro atoms. The molecule has 144 valence electrons. The van der Waals surface area contributed by atoms with Crippen molar-refractivity contribution in [1.29, 1.82) is 5.41 Å². The largest absolute Gasteiger partial charge is 0.466 e. The van der Waals surface area contributed by atoms with Gasteiger partial charge in [0.25, 0.3) is 11.9 Å². The maximum Gasteiger partial charge on any atom is 0.278 e. The van der Waals surface area contributed by atoms with Crippen molar-refractivity contribution in [2.24, 2.45) is 5.73 Å². The Kier molecular flexibility index (Phi) is 6.68. The van der Waals surface area contributed by atoms with Crippen LogP contribution in [0.2, 0.25) is 5.02 Å². The number of aryl methyl sites for hydroxylation is 1. The SMILES string of the molecule is Cc1cc(Cl)cnc1C(=O)Nc1cc(F)c(F)c([C@H](C)CCOC(=N)N)c1. The van der Waals surface area contributed by atoms with Crippen LogP contribution < -0.4 is 11.1 Å². The number of hydrogen-bond donors (Lipinski definition) is 3. The van der Waals surface area contributed by atoms with Gasteiger partial charge in [-0.25, -0.2) is 13.8 Å². The van der Waals surface area contributed by atoms with E-state index in [9.17, 15) is 13.6 Å². The van der Waals surface area contributed by atoms with Crippen molar-refractivity contribution >= 4 is 29.2 Å². The summed E-state index contributed by atoms with van der Waals surface area (Å²) in [6.07, 6.45) is 1.64. The number of rotatable bonds is 6. The fraction of sp³-hybridized carbons (Fsp3) is 0.278. The Morgan fingerprint density at radius 2 is 2.11 bits per heavy atom. The van der Waals surface area contributed by atoms with Gasteiger partial charge in [0.15, 0.2) is 11.6 Å². The van der Waals surface area contributed by atoms with Crippen LogP contribution in [0.25, 0.3) is 0 Å². The van der Waals surface area contributed by atoms with Gasteiger partial charge < -0.3 is 15.8 Å². The van der Waals surface area contributed by atoms with Crippen molar-refractivity contribution in [2.45, 2.75) is 26.2 Å². The molecule has 1 heterocycles. The summed E-state index contributed by atoms with van der Waals surface area (Å²) in [6.45, 7) is 3.43. The van der Waals surface area contributed by atoms with Gasteiger partial charge in [-0.15, -0.1) is 0 Å². The zero-order valence-corrected chi connectivity index (χ0v) is 15.5. The van der Waals surface area contributed by atoms with Crippen LogP contribution in [0.1, 0.15) is 40.9 Å². The number of nitrogens with one attached hydrogen (secondary N) is 2. The van der Waals surface area contributed by atoms with E-state index >= 15 is 0 Å². The summed E-state index contributed by atoms with van der Waals surface area (Å²) >= 11 is 5.82. The van der Waals surface area contributed by atoms with Crippen LogP contribution in [0.3, 0.4) is 0 Å². The monoisotopic (exact) mass is 396 g/mol. The Bertz CT molecular complexity index is 877. The first-order chi connectivity index (χ1) is 12.7. The minimum atomic E-state index is -1.08. The maximum absolute atomic E-state index is 14.2. The molecule has 2 rings (SSSR count). The van der Waals surface area contributed by atoms with Crippen LogP contribution in [-0.4, -0.2) is 23.5 Å². The Labute approximate surface area is 160 Å². The second kappa shape index (κ2) is 8.77. The van der Waals surface area contributed by atoms with E-state index in [0.29, 0.717) is 17.0 Å². The number of nitrogens with zero attached hydrogens (tertiary/aromatic N) is 1. The first-order valence-corrected chi connectivity index (χ1v) is 8.46. The summed E-state index contributed by atoms with van der Waals surface area (Å²) in [6, 6.07) is 3.40. The number of ether oxygens (including phenoxy) is 1. The average Bonchev–Trinajstić information content (AvgIpc) is 2.57. The van der Waals surface area contributed by atoms with Gasteiger partial charge in [-0.3, -0.25) is 10.2 Å². The average molecular weight is 397 g/mol. The summed E-state index contributed by atoms with van der Waals surface area (Å²) in [4.78, 5) is 16.3. The minimum Gasteiger partial charge on any atom is -0.466 e. The summed E-state index contributed by atoms with van der Waals surface area (Å²) in [5.74, 6) is -3.06. The number of carbonyl (C=O) groups excluding carboxylic acids is 1. The molecule has 1 aromatic carbocycles. The number of benzene rings is 1. The predicted octanol–water partition coefficient (Wildman–Crippen LogP) is 3.98. The van der Waals surface area contributed by atoms with E-state index in [1.54, 1.807) is 19.9 Å².